The number of alkyl halides is 3. The first-order valence-electron chi connectivity index (χ1n) is 8.49. The van der Waals surface area contributed by atoms with Gasteiger partial charge in [-0.1, -0.05) is 0 Å². The fourth-order valence-electron chi connectivity index (χ4n) is 3.37. The van der Waals surface area contributed by atoms with Gasteiger partial charge in [0, 0.05) is 25.2 Å². The Kier molecular flexibility index (Phi) is 4.58. The normalized spacial score (nSPS) is 18.2. The highest BCUT2D eigenvalue weighted by molar-refractivity contribution is 7.08. The number of rotatable bonds is 3. The standard InChI is InChI=1S/C17H16F3N5OS/c18-17(19,20)15-22-16-21-5-3-13(25(16)23-15)12-2-1-6-24(9-12)14(26)8-11-4-7-27-10-11/h3-5,7,10,12H,1-2,6,8-9H2/t12-/m1/s1. The van der Waals surface area contributed by atoms with Crippen molar-refractivity contribution in [1.29, 1.82) is 0 Å². The van der Waals surface area contributed by atoms with E-state index in [4.69, 9.17) is 0 Å². The van der Waals surface area contributed by atoms with Crippen molar-refractivity contribution < 1.29 is 18.0 Å². The number of thiophene rings is 1. The third-order valence-corrected chi connectivity index (χ3v) is 5.38. The van der Waals surface area contributed by atoms with Gasteiger partial charge < -0.3 is 4.90 Å². The second-order valence-electron chi connectivity index (χ2n) is 6.50. The predicted octanol–water partition coefficient (Wildman–Crippen LogP) is 3.15. The van der Waals surface area contributed by atoms with E-state index in [1.54, 1.807) is 22.3 Å². The monoisotopic (exact) mass is 395 g/mol. The Hall–Kier alpha value is -2.49. The lowest BCUT2D eigenvalue weighted by Crippen LogP contribution is -2.40. The molecule has 3 aromatic rings. The molecule has 0 spiro atoms. The first kappa shape index (κ1) is 17.9. The molecule has 142 valence electrons. The largest absolute Gasteiger partial charge is 0.453 e. The van der Waals surface area contributed by atoms with Gasteiger partial charge in [0.05, 0.1) is 12.1 Å². The van der Waals surface area contributed by atoms with Gasteiger partial charge in [-0.15, -0.1) is 5.10 Å². The number of fused-ring (bicyclic) bond motifs is 1. The maximum Gasteiger partial charge on any atom is 0.453 e. The summed E-state index contributed by atoms with van der Waals surface area (Å²) in [5.41, 5.74) is 1.57. The molecule has 0 aliphatic carbocycles. The van der Waals surface area contributed by atoms with Gasteiger partial charge in [-0.05, 0) is 41.3 Å². The maximum absolute atomic E-state index is 12.9. The quantitative estimate of drug-likeness (QED) is 0.684. The highest BCUT2D eigenvalue weighted by Crippen LogP contribution is 2.30. The Balaban J connectivity index is 1.57. The zero-order chi connectivity index (χ0) is 19.0. The number of carbonyl (C=O) groups is 1. The molecule has 1 fully saturated rings. The van der Waals surface area contributed by atoms with E-state index in [0.717, 1.165) is 22.9 Å². The number of amides is 1. The lowest BCUT2D eigenvalue weighted by molar-refractivity contribution is -0.144. The number of nitrogens with zero attached hydrogens (tertiary/aromatic N) is 5. The van der Waals surface area contributed by atoms with Crippen molar-refractivity contribution in [2.75, 3.05) is 13.1 Å². The lowest BCUT2D eigenvalue weighted by Gasteiger charge is -2.33. The second-order valence-corrected chi connectivity index (χ2v) is 7.28. The van der Waals surface area contributed by atoms with Crippen molar-refractivity contribution >= 4 is 23.0 Å². The van der Waals surface area contributed by atoms with E-state index in [9.17, 15) is 18.0 Å². The van der Waals surface area contributed by atoms with Crippen molar-refractivity contribution in [3.63, 3.8) is 0 Å². The lowest BCUT2D eigenvalue weighted by atomic mass is 9.94. The molecule has 1 saturated heterocycles. The molecule has 4 rings (SSSR count). The Labute approximate surface area is 156 Å². The van der Waals surface area contributed by atoms with Crippen LogP contribution in [0.5, 0.6) is 0 Å². The fourth-order valence-corrected chi connectivity index (χ4v) is 4.03. The second kappa shape index (κ2) is 6.91. The molecule has 27 heavy (non-hydrogen) atoms. The number of carbonyl (C=O) groups excluding carboxylic acids is 1. The zero-order valence-electron chi connectivity index (χ0n) is 14.2. The van der Waals surface area contributed by atoms with Crippen LogP contribution >= 0.6 is 11.3 Å². The van der Waals surface area contributed by atoms with Crippen LogP contribution in [0.25, 0.3) is 5.78 Å². The zero-order valence-corrected chi connectivity index (χ0v) is 15.0. The van der Waals surface area contributed by atoms with Crippen molar-refractivity contribution in [3.05, 3.63) is 46.2 Å². The van der Waals surface area contributed by atoms with Gasteiger partial charge in [0.15, 0.2) is 0 Å². The van der Waals surface area contributed by atoms with Crippen LogP contribution in [-0.2, 0) is 17.4 Å². The SMILES string of the molecule is O=C(Cc1ccsc1)N1CCC[C@@H](c2ccnc3nc(C(F)(F)F)nn23)C1. The van der Waals surface area contributed by atoms with Crippen LogP contribution in [0.15, 0.2) is 29.1 Å². The molecular formula is C17H16F3N5OS. The average molecular weight is 395 g/mol. The Morgan fingerprint density at radius 3 is 2.93 bits per heavy atom. The van der Waals surface area contributed by atoms with E-state index in [1.165, 1.54) is 6.20 Å². The first-order valence-corrected chi connectivity index (χ1v) is 9.44. The van der Waals surface area contributed by atoms with E-state index < -0.39 is 12.0 Å². The van der Waals surface area contributed by atoms with Crippen LogP contribution in [0.1, 0.15) is 35.8 Å². The summed E-state index contributed by atoms with van der Waals surface area (Å²) in [6.45, 7) is 1.10. The third kappa shape index (κ3) is 3.66. The number of hydrogen-bond acceptors (Lipinski definition) is 5. The smallest absolute Gasteiger partial charge is 0.342 e. The third-order valence-electron chi connectivity index (χ3n) is 4.65. The number of halogens is 3. The van der Waals surface area contributed by atoms with Crippen LogP contribution in [0.2, 0.25) is 0 Å². The van der Waals surface area contributed by atoms with Crippen molar-refractivity contribution in [2.24, 2.45) is 0 Å². The van der Waals surface area contributed by atoms with Gasteiger partial charge in [-0.3, -0.25) is 4.79 Å². The Bertz CT molecular complexity index is 953. The van der Waals surface area contributed by atoms with E-state index in [1.807, 2.05) is 16.8 Å². The summed E-state index contributed by atoms with van der Waals surface area (Å²) < 4.78 is 39.9. The van der Waals surface area contributed by atoms with E-state index in [-0.39, 0.29) is 17.6 Å². The van der Waals surface area contributed by atoms with Gasteiger partial charge in [0.25, 0.3) is 11.6 Å². The summed E-state index contributed by atoms with van der Waals surface area (Å²) >= 11 is 1.54. The van der Waals surface area contributed by atoms with Crippen LogP contribution in [0, 0.1) is 0 Å². The van der Waals surface area contributed by atoms with Crippen LogP contribution in [0.4, 0.5) is 13.2 Å². The summed E-state index contributed by atoms with van der Waals surface area (Å²) in [5.74, 6) is -1.37. The van der Waals surface area contributed by atoms with Crippen molar-refractivity contribution in [2.45, 2.75) is 31.4 Å². The molecule has 3 aromatic heterocycles. The highest BCUT2D eigenvalue weighted by atomic mass is 32.1. The minimum absolute atomic E-state index is 0.0259. The molecule has 0 saturated carbocycles. The molecule has 1 aliphatic heterocycles. The Morgan fingerprint density at radius 1 is 1.33 bits per heavy atom. The number of piperidine rings is 1. The molecule has 0 aromatic carbocycles. The van der Waals surface area contributed by atoms with Crippen LogP contribution in [0.3, 0.4) is 0 Å². The molecule has 0 radical (unpaired) electrons. The minimum Gasteiger partial charge on any atom is -0.342 e. The summed E-state index contributed by atoms with van der Waals surface area (Å²) in [5, 5.41) is 7.48. The molecule has 6 nitrogen and oxygen atoms in total. The van der Waals surface area contributed by atoms with E-state index in [2.05, 4.69) is 15.1 Å². The molecule has 1 amide bonds. The number of likely N-dealkylation sites (tertiary alicyclic amines) is 1. The van der Waals surface area contributed by atoms with Crippen LogP contribution in [-0.4, -0.2) is 43.5 Å². The molecule has 10 heteroatoms. The molecule has 0 bridgehead atoms. The number of aromatic nitrogens is 4. The molecule has 1 aliphatic rings. The highest BCUT2D eigenvalue weighted by Gasteiger charge is 2.37. The van der Waals surface area contributed by atoms with Crippen molar-refractivity contribution in [3.8, 4) is 0 Å². The van der Waals surface area contributed by atoms with E-state index >= 15 is 0 Å². The topological polar surface area (TPSA) is 63.4 Å². The van der Waals surface area contributed by atoms with Gasteiger partial charge in [0.2, 0.25) is 5.91 Å². The molecule has 0 N–H and O–H groups in total. The fraction of sp³-hybridized carbons (Fsp3) is 0.412. The molecule has 1 atom stereocenters. The van der Waals surface area contributed by atoms with E-state index in [0.29, 0.717) is 25.2 Å². The molecule has 0 unspecified atom stereocenters. The molecule has 4 heterocycles. The summed E-state index contributed by atoms with van der Waals surface area (Å²) in [6, 6.07) is 3.57. The van der Waals surface area contributed by atoms with Crippen molar-refractivity contribution in [1.82, 2.24) is 24.5 Å². The Morgan fingerprint density at radius 2 is 2.19 bits per heavy atom. The van der Waals surface area contributed by atoms with Crippen LogP contribution < -0.4 is 0 Å². The van der Waals surface area contributed by atoms with Gasteiger partial charge in [-0.2, -0.15) is 29.5 Å². The summed E-state index contributed by atoms with van der Waals surface area (Å²) in [4.78, 5) is 21.7. The summed E-state index contributed by atoms with van der Waals surface area (Å²) in [6.07, 6.45) is -1.30. The van der Waals surface area contributed by atoms with Gasteiger partial charge in [0.1, 0.15) is 0 Å². The average Bonchev–Trinajstić information content (AvgIpc) is 3.30. The maximum atomic E-state index is 12.9. The predicted molar refractivity (Wildman–Crippen MR) is 92.4 cm³/mol. The van der Waals surface area contributed by atoms with Gasteiger partial charge >= 0.3 is 6.18 Å². The molecular weight excluding hydrogens is 379 g/mol. The number of hydrogen-bond donors (Lipinski definition) is 0. The minimum atomic E-state index is -4.62. The first-order chi connectivity index (χ1) is 12.9. The van der Waals surface area contributed by atoms with Gasteiger partial charge in [-0.25, -0.2) is 9.50 Å². The summed E-state index contributed by atoms with van der Waals surface area (Å²) in [7, 11) is 0.